The van der Waals surface area contributed by atoms with Crippen molar-refractivity contribution in [2.75, 3.05) is 0 Å². The van der Waals surface area contributed by atoms with E-state index in [2.05, 4.69) is 6.92 Å². The van der Waals surface area contributed by atoms with Crippen molar-refractivity contribution in [3.63, 3.8) is 0 Å². The van der Waals surface area contributed by atoms with Crippen molar-refractivity contribution in [2.24, 2.45) is 7.05 Å². The second-order valence-corrected chi connectivity index (χ2v) is 4.91. The smallest absolute Gasteiger partial charge is 0.338 e. The first-order valence-electron chi connectivity index (χ1n) is 6.53. The van der Waals surface area contributed by atoms with Crippen molar-refractivity contribution in [3.8, 4) is 11.3 Å². The Kier molecular flexibility index (Phi) is 3.74. The minimum Gasteiger partial charge on any atom is -0.478 e. The molecule has 2 rings (SSSR count). The van der Waals surface area contributed by atoms with Gasteiger partial charge in [0, 0.05) is 13.2 Å². The number of benzene rings is 1. The predicted octanol–water partition coefficient (Wildman–Crippen LogP) is 3.65. The first-order chi connectivity index (χ1) is 9.04. The van der Waals surface area contributed by atoms with E-state index in [0.717, 1.165) is 29.7 Å². The van der Waals surface area contributed by atoms with Crippen LogP contribution in [0.4, 0.5) is 0 Å². The highest BCUT2D eigenvalue weighted by Crippen LogP contribution is 2.29. The molecular formula is C16H19NO2. The standard InChI is InChI=1S/C16H19NO2/c1-4-5-13-10-17(3)15(14(13)16(18)19)12-8-6-11(2)7-9-12/h6-10H,4-5H2,1-3H3,(H,18,19). The molecule has 0 aliphatic heterocycles. The third-order valence-electron chi connectivity index (χ3n) is 3.32. The van der Waals surface area contributed by atoms with Crippen LogP contribution >= 0.6 is 0 Å². The average molecular weight is 257 g/mol. The van der Waals surface area contributed by atoms with Crippen LogP contribution < -0.4 is 0 Å². The van der Waals surface area contributed by atoms with Gasteiger partial charge in [-0.05, 0) is 24.5 Å². The number of carbonyl (C=O) groups is 1. The van der Waals surface area contributed by atoms with Crippen molar-refractivity contribution in [2.45, 2.75) is 26.7 Å². The maximum absolute atomic E-state index is 11.6. The van der Waals surface area contributed by atoms with Crippen LogP contribution in [0, 0.1) is 6.92 Å². The van der Waals surface area contributed by atoms with Crippen LogP contribution in [0.1, 0.15) is 34.8 Å². The van der Waals surface area contributed by atoms with Gasteiger partial charge in [0.05, 0.1) is 11.3 Å². The van der Waals surface area contributed by atoms with E-state index in [1.54, 1.807) is 0 Å². The van der Waals surface area contributed by atoms with E-state index in [0.29, 0.717) is 5.56 Å². The lowest BCUT2D eigenvalue weighted by Crippen LogP contribution is -2.02. The zero-order valence-corrected chi connectivity index (χ0v) is 11.6. The second-order valence-electron chi connectivity index (χ2n) is 4.91. The molecule has 3 nitrogen and oxygen atoms in total. The Morgan fingerprint density at radius 3 is 2.42 bits per heavy atom. The molecule has 3 heteroatoms. The number of aromatic nitrogens is 1. The molecule has 0 unspecified atom stereocenters. The Labute approximate surface area is 113 Å². The van der Waals surface area contributed by atoms with Crippen LogP contribution in [0.25, 0.3) is 11.3 Å². The molecule has 0 atom stereocenters. The van der Waals surface area contributed by atoms with Gasteiger partial charge in [0.1, 0.15) is 0 Å². The molecule has 1 heterocycles. The summed E-state index contributed by atoms with van der Waals surface area (Å²) in [5.74, 6) is -0.848. The molecule has 0 aliphatic rings. The minimum atomic E-state index is -0.848. The molecule has 1 aromatic carbocycles. The molecule has 1 aromatic heterocycles. The van der Waals surface area contributed by atoms with Crippen LogP contribution in [0.3, 0.4) is 0 Å². The highest BCUT2D eigenvalue weighted by molar-refractivity contribution is 5.97. The fraction of sp³-hybridized carbons (Fsp3) is 0.312. The summed E-state index contributed by atoms with van der Waals surface area (Å²) in [4.78, 5) is 11.6. The molecule has 1 N–H and O–H groups in total. The second kappa shape index (κ2) is 5.31. The first-order valence-corrected chi connectivity index (χ1v) is 6.53. The fourth-order valence-corrected chi connectivity index (χ4v) is 2.45. The Hall–Kier alpha value is -2.03. The SMILES string of the molecule is CCCc1cn(C)c(-c2ccc(C)cc2)c1C(=O)O. The van der Waals surface area contributed by atoms with Crippen molar-refractivity contribution < 1.29 is 9.90 Å². The Bertz CT molecular complexity index is 594. The van der Waals surface area contributed by atoms with E-state index in [-0.39, 0.29) is 0 Å². The monoisotopic (exact) mass is 257 g/mol. The summed E-state index contributed by atoms with van der Waals surface area (Å²) in [5.41, 5.74) is 4.26. The Morgan fingerprint density at radius 2 is 1.89 bits per heavy atom. The largest absolute Gasteiger partial charge is 0.478 e. The molecule has 0 saturated carbocycles. The van der Waals surface area contributed by atoms with E-state index in [4.69, 9.17) is 0 Å². The van der Waals surface area contributed by atoms with Crippen molar-refractivity contribution in [1.29, 1.82) is 0 Å². The molecule has 0 bridgehead atoms. The fourth-order valence-electron chi connectivity index (χ4n) is 2.45. The van der Waals surface area contributed by atoms with E-state index < -0.39 is 5.97 Å². The third-order valence-corrected chi connectivity index (χ3v) is 3.32. The van der Waals surface area contributed by atoms with Crippen LogP contribution in [0.5, 0.6) is 0 Å². The average Bonchev–Trinajstić information content (AvgIpc) is 2.68. The predicted molar refractivity (Wildman–Crippen MR) is 76.5 cm³/mol. The zero-order valence-electron chi connectivity index (χ0n) is 11.6. The topological polar surface area (TPSA) is 42.2 Å². The number of rotatable bonds is 4. The normalized spacial score (nSPS) is 10.7. The highest BCUT2D eigenvalue weighted by Gasteiger charge is 2.20. The summed E-state index contributed by atoms with van der Waals surface area (Å²) < 4.78 is 1.92. The molecule has 2 aromatic rings. The van der Waals surface area contributed by atoms with Gasteiger partial charge in [-0.15, -0.1) is 0 Å². The number of carboxylic acids is 1. The van der Waals surface area contributed by atoms with Crippen LogP contribution in [0.15, 0.2) is 30.5 Å². The maximum atomic E-state index is 11.6. The van der Waals surface area contributed by atoms with Gasteiger partial charge in [0.15, 0.2) is 0 Å². The number of aryl methyl sites for hydroxylation is 3. The van der Waals surface area contributed by atoms with E-state index in [1.165, 1.54) is 5.56 Å². The minimum absolute atomic E-state index is 0.438. The van der Waals surface area contributed by atoms with Gasteiger partial charge < -0.3 is 9.67 Å². The first kappa shape index (κ1) is 13.4. The van der Waals surface area contributed by atoms with Gasteiger partial charge in [-0.25, -0.2) is 4.79 Å². The van der Waals surface area contributed by atoms with Gasteiger partial charge in [-0.3, -0.25) is 0 Å². The summed E-state index contributed by atoms with van der Waals surface area (Å²) in [6.45, 7) is 4.08. The summed E-state index contributed by atoms with van der Waals surface area (Å²) in [5, 5.41) is 9.49. The lowest BCUT2D eigenvalue weighted by atomic mass is 10.0. The van der Waals surface area contributed by atoms with Gasteiger partial charge in [0.25, 0.3) is 0 Å². The van der Waals surface area contributed by atoms with E-state index in [1.807, 2.05) is 49.0 Å². The molecule has 100 valence electrons. The lowest BCUT2D eigenvalue weighted by molar-refractivity contribution is 0.0696. The number of nitrogens with zero attached hydrogens (tertiary/aromatic N) is 1. The number of hydrogen-bond acceptors (Lipinski definition) is 1. The van der Waals surface area contributed by atoms with Crippen molar-refractivity contribution in [1.82, 2.24) is 4.57 Å². The molecule has 0 saturated heterocycles. The molecular weight excluding hydrogens is 238 g/mol. The number of hydrogen-bond donors (Lipinski definition) is 1. The summed E-state index contributed by atoms with van der Waals surface area (Å²) in [6.07, 6.45) is 3.67. The number of carboxylic acid groups (broad SMARTS) is 1. The van der Waals surface area contributed by atoms with Gasteiger partial charge >= 0.3 is 5.97 Å². The molecule has 0 spiro atoms. The van der Waals surface area contributed by atoms with Crippen LogP contribution in [-0.2, 0) is 13.5 Å². The lowest BCUT2D eigenvalue weighted by Gasteiger charge is -2.06. The van der Waals surface area contributed by atoms with Crippen LogP contribution in [-0.4, -0.2) is 15.6 Å². The zero-order chi connectivity index (χ0) is 14.0. The summed E-state index contributed by atoms with van der Waals surface area (Å²) in [6, 6.07) is 7.97. The quantitative estimate of drug-likeness (QED) is 0.908. The van der Waals surface area contributed by atoms with Crippen molar-refractivity contribution >= 4 is 5.97 Å². The van der Waals surface area contributed by atoms with E-state index in [9.17, 15) is 9.90 Å². The Balaban J connectivity index is 2.61. The summed E-state index contributed by atoms with van der Waals surface area (Å²) in [7, 11) is 1.90. The summed E-state index contributed by atoms with van der Waals surface area (Å²) >= 11 is 0. The number of aromatic carboxylic acids is 1. The van der Waals surface area contributed by atoms with Gasteiger partial charge in [-0.1, -0.05) is 43.2 Å². The third kappa shape index (κ3) is 2.55. The molecule has 0 fully saturated rings. The molecule has 0 aliphatic carbocycles. The maximum Gasteiger partial charge on any atom is 0.338 e. The van der Waals surface area contributed by atoms with Crippen molar-refractivity contribution in [3.05, 3.63) is 47.2 Å². The molecule has 19 heavy (non-hydrogen) atoms. The van der Waals surface area contributed by atoms with Crippen LogP contribution in [0.2, 0.25) is 0 Å². The molecule has 0 amide bonds. The Morgan fingerprint density at radius 1 is 1.26 bits per heavy atom. The van der Waals surface area contributed by atoms with Gasteiger partial charge in [0.2, 0.25) is 0 Å². The van der Waals surface area contributed by atoms with Gasteiger partial charge in [-0.2, -0.15) is 0 Å². The molecule has 0 radical (unpaired) electrons. The highest BCUT2D eigenvalue weighted by atomic mass is 16.4. The van der Waals surface area contributed by atoms with E-state index >= 15 is 0 Å².